The standard InChI is InChI=1S/C25H29N5O2/c1-16(2)18-7-6-17(3)21(14-18)27-24-28-22-15-20(8-9-23(22)29(24)5)32-19-10-12-30(13-11-19)25(31)26-4/h6-12,14-16H,13H2,1-5H3,(H,26,31)(H,27,28). The molecule has 0 unspecified atom stereocenters. The van der Waals surface area contributed by atoms with E-state index in [1.54, 1.807) is 24.2 Å². The van der Waals surface area contributed by atoms with Crippen molar-refractivity contribution in [1.29, 1.82) is 0 Å². The maximum Gasteiger partial charge on any atom is 0.321 e. The number of hydrogen-bond donors (Lipinski definition) is 2. The fraction of sp³-hybridized carbons (Fsp3) is 0.280. The first kappa shape index (κ1) is 21.5. The van der Waals surface area contributed by atoms with E-state index in [0.717, 1.165) is 22.7 Å². The van der Waals surface area contributed by atoms with Crippen LogP contribution in [0.3, 0.4) is 0 Å². The van der Waals surface area contributed by atoms with Crippen LogP contribution in [0.1, 0.15) is 30.9 Å². The molecule has 0 radical (unpaired) electrons. The molecule has 0 aliphatic carbocycles. The molecule has 7 nitrogen and oxygen atoms in total. The summed E-state index contributed by atoms with van der Waals surface area (Å²) in [5.74, 6) is 2.63. The molecule has 2 heterocycles. The third-order valence-electron chi connectivity index (χ3n) is 5.65. The number of imidazole rings is 1. The smallest absolute Gasteiger partial charge is 0.321 e. The number of carbonyl (C=O) groups is 1. The lowest BCUT2D eigenvalue weighted by molar-refractivity contribution is 0.220. The molecule has 32 heavy (non-hydrogen) atoms. The first-order chi connectivity index (χ1) is 15.4. The molecule has 3 aromatic rings. The van der Waals surface area contributed by atoms with Crippen LogP contribution >= 0.6 is 0 Å². The fourth-order valence-electron chi connectivity index (χ4n) is 3.60. The van der Waals surface area contributed by atoms with Gasteiger partial charge < -0.3 is 19.9 Å². The quantitative estimate of drug-likeness (QED) is 0.584. The Balaban J connectivity index is 1.54. The average molecular weight is 432 g/mol. The van der Waals surface area contributed by atoms with Crippen molar-refractivity contribution in [3.05, 3.63) is 71.6 Å². The van der Waals surface area contributed by atoms with Crippen molar-refractivity contribution in [2.75, 3.05) is 18.9 Å². The number of urea groups is 1. The summed E-state index contributed by atoms with van der Waals surface area (Å²) in [5, 5.41) is 6.10. The van der Waals surface area contributed by atoms with Crippen LogP contribution in [0.2, 0.25) is 0 Å². The molecular formula is C25H29N5O2. The molecule has 1 aromatic heterocycles. The van der Waals surface area contributed by atoms with Gasteiger partial charge in [0.2, 0.25) is 5.95 Å². The first-order valence-electron chi connectivity index (χ1n) is 10.7. The Morgan fingerprint density at radius 1 is 1.19 bits per heavy atom. The van der Waals surface area contributed by atoms with Gasteiger partial charge in [0.15, 0.2) is 0 Å². The van der Waals surface area contributed by atoms with Crippen molar-refractivity contribution in [2.24, 2.45) is 7.05 Å². The SMILES string of the molecule is CNC(=O)N1C=CC(Oc2ccc3c(c2)nc(Nc2cc(C(C)C)ccc2C)n3C)=CC1. The lowest BCUT2D eigenvalue weighted by Gasteiger charge is -2.20. The highest BCUT2D eigenvalue weighted by atomic mass is 16.5. The third kappa shape index (κ3) is 4.32. The van der Waals surface area contributed by atoms with E-state index in [1.165, 1.54) is 11.1 Å². The summed E-state index contributed by atoms with van der Waals surface area (Å²) in [4.78, 5) is 18.1. The maximum atomic E-state index is 11.7. The van der Waals surface area contributed by atoms with E-state index in [4.69, 9.17) is 9.72 Å². The Morgan fingerprint density at radius 3 is 2.69 bits per heavy atom. The van der Waals surface area contributed by atoms with Gasteiger partial charge in [-0.2, -0.15) is 0 Å². The number of nitrogens with one attached hydrogen (secondary N) is 2. The second-order valence-corrected chi connectivity index (χ2v) is 8.23. The Labute approximate surface area is 188 Å². The Morgan fingerprint density at radius 2 is 2.00 bits per heavy atom. The van der Waals surface area contributed by atoms with E-state index in [0.29, 0.717) is 24.0 Å². The van der Waals surface area contributed by atoms with Crippen LogP contribution in [0.4, 0.5) is 16.4 Å². The Bertz CT molecular complexity index is 1220. The molecule has 0 saturated heterocycles. The highest BCUT2D eigenvalue weighted by molar-refractivity contribution is 5.81. The molecule has 0 bridgehead atoms. The van der Waals surface area contributed by atoms with Crippen molar-refractivity contribution in [2.45, 2.75) is 26.7 Å². The minimum atomic E-state index is -0.152. The molecule has 4 rings (SSSR count). The van der Waals surface area contributed by atoms with Gasteiger partial charge in [0.1, 0.15) is 11.5 Å². The number of amides is 2. The van der Waals surface area contributed by atoms with Gasteiger partial charge in [-0.25, -0.2) is 9.78 Å². The number of aromatic nitrogens is 2. The average Bonchev–Trinajstić information content (AvgIpc) is 3.09. The second kappa shape index (κ2) is 8.78. The van der Waals surface area contributed by atoms with E-state index in [2.05, 4.69) is 49.6 Å². The zero-order chi connectivity index (χ0) is 22.8. The van der Waals surface area contributed by atoms with Crippen LogP contribution in [0.5, 0.6) is 5.75 Å². The molecule has 7 heteroatoms. The highest BCUT2D eigenvalue weighted by Gasteiger charge is 2.14. The molecule has 0 saturated carbocycles. The molecule has 2 N–H and O–H groups in total. The number of aryl methyl sites for hydroxylation is 2. The molecule has 1 aliphatic rings. The van der Waals surface area contributed by atoms with Crippen molar-refractivity contribution < 1.29 is 9.53 Å². The van der Waals surface area contributed by atoms with Crippen LogP contribution in [0, 0.1) is 6.92 Å². The van der Waals surface area contributed by atoms with Crippen LogP contribution in [0.25, 0.3) is 11.0 Å². The van der Waals surface area contributed by atoms with E-state index < -0.39 is 0 Å². The normalized spacial score (nSPS) is 13.4. The number of fused-ring (bicyclic) bond motifs is 1. The van der Waals surface area contributed by atoms with Gasteiger partial charge in [0, 0.05) is 38.6 Å². The summed E-state index contributed by atoms with van der Waals surface area (Å²) < 4.78 is 8.04. The fourth-order valence-corrected chi connectivity index (χ4v) is 3.60. The summed E-state index contributed by atoms with van der Waals surface area (Å²) in [6.45, 7) is 6.94. The van der Waals surface area contributed by atoms with Crippen LogP contribution < -0.4 is 15.4 Å². The van der Waals surface area contributed by atoms with Gasteiger partial charge in [0.25, 0.3) is 0 Å². The lowest BCUT2D eigenvalue weighted by Crippen LogP contribution is -2.35. The minimum absolute atomic E-state index is 0.152. The number of carbonyl (C=O) groups excluding carboxylic acids is 1. The van der Waals surface area contributed by atoms with Crippen molar-refractivity contribution in [3.63, 3.8) is 0 Å². The van der Waals surface area contributed by atoms with E-state index in [9.17, 15) is 4.79 Å². The number of hydrogen-bond acceptors (Lipinski definition) is 4. The third-order valence-corrected chi connectivity index (χ3v) is 5.65. The maximum absolute atomic E-state index is 11.7. The van der Waals surface area contributed by atoms with Gasteiger partial charge in [-0.15, -0.1) is 0 Å². The van der Waals surface area contributed by atoms with Crippen LogP contribution in [-0.4, -0.2) is 34.1 Å². The van der Waals surface area contributed by atoms with Crippen LogP contribution in [0.15, 0.2) is 60.5 Å². The molecule has 2 amide bonds. The molecule has 0 atom stereocenters. The monoisotopic (exact) mass is 431 g/mol. The predicted molar refractivity (Wildman–Crippen MR) is 128 cm³/mol. The summed E-state index contributed by atoms with van der Waals surface area (Å²) in [6, 6.07) is 12.2. The van der Waals surface area contributed by atoms with Crippen molar-refractivity contribution in [3.8, 4) is 5.75 Å². The summed E-state index contributed by atoms with van der Waals surface area (Å²) in [5.41, 5.74) is 5.38. The molecule has 0 fully saturated rings. The molecule has 2 aromatic carbocycles. The van der Waals surface area contributed by atoms with Gasteiger partial charge >= 0.3 is 6.03 Å². The van der Waals surface area contributed by atoms with Crippen molar-refractivity contribution in [1.82, 2.24) is 19.8 Å². The number of allylic oxidation sites excluding steroid dienone is 1. The largest absolute Gasteiger partial charge is 0.458 e. The molecule has 1 aliphatic heterocycles. The van der Waals surface area contributed by atoms with Crippen molar-refractivity contribution >= 4 is 28.7 Å². The predicted octanol–water partition coefficient (Wildman–Crippen LogP) is 5.18. The topological polar surface area (TPSA) is 71.4 Å². The minimum Gasteiger partial charge on any atom is -0.458 e. The Kier molecular flexibility index (Phi) is 5.90. The highest BCUT2D eigenvalue weighted by Crippen LogP contribution is 2.29. The summed E-state index contributed by atoms with van der Waals surface area (Å²) in [6.07, 6.45) is 5.36. The lowest BCUT2D eigenvalue weighted by atomic mass is 10.0. The Hall–Kier alpha value is -3.74. The number of rotatable bonds is 5. The summed E-state index contributed by atoms with van der Waals surface area (Å²) in [7, 11) is 3.61. The second-order valence-electron chi connectivity index (χ2n) is 8.23. The van der Waals surface area contributed by atoms with Crippen LogP contribution in [-0.2, 0) is 7.05 Å². The molecular weight excluding hydrogens is 402 g/mol. The summed E-state index contributed by atoms with van der Waals surface area (Å²) >= 11 is 0. The molecule has 0 spiro atoms. The first-order valence-corrected chi connectivity index (χ1v) is 10.7. The number of nitrogens with zero attached hydrogens (tertiary/aromatic N) is 3. The van der Waals surface area contributed by atoms with E-state index >= 15 is 0 Å². The number of benzene rings is 2. The van der Waals surface area contributed by atoms with Gasteiger partial charge in [-0.3, -0.25) is 4.90 Å². The van der Waals surface area contributed by atoms with Gasteiger partial charge in [-0.1, -0.05) is 26.0 Å². The zero-order valence-corrected chi connectivity index (χ0v) is 19.1. The number of anilines is 2. The zero-order valence-electron chi connectivity index (χ0n) is 19.1. The van der Waals surface area contributed by atoms with Gasteiger partial charge in [-0.05, 0) is 54.3 Å². The number of ether oxygens (including phenoxy) is 1. The van der Waals surface area contributed by atoms with Gasteiger partial charge in [0.05, 0.1) is 11.0 Å². The van der Waals surface area contributed by atoms with E-state index in [-0.39, 0.29) is 6.03 Å². The molecule has 166 valence electrons. The van der Waals surface area contributed by atoms with E-state index in [1.807, 2.05) is 35.9 Å².